The number of halogens is 1. The van der Waals surface area contributed by atoms with Gasteiger partial charge in [-0.1, -0.05) is 17.7 Å². The Morgan fingerprint density at radius 1 is 1.00 bits per heavy atom. The average Bonchev–Trinajstić information content (AvgIpc) is 2.80. The van der Waals surface area contributed by atoms with E-state index in [1.54, 1.807) is 18.2 Å². The van der Waals surface area contributed by atoms with Crippen LogP contribution in [-0.2, 0) is 4.79 Å². The minimum absolute atomic E-state index is 0.189. The second-order valence-electron chi connectivity index (χ2n) is 6.82. The number of hydrogen-bond donors (Lipinski definition) is 2. The van der Waals surface area contributed by atoms with Crippen LogP contribution in [-0.4, -0.2) is 31.7 Å². The molecule has 0 heterocycles. The van der Waals surface area contributed by atoms with Gasteiger partial charge in [0.25, 0.3) is 11.8 Å². The number of nitrogens with one attached hydrogen (secondary N) is 2. The zero-order chi connectivity index (χ0) is 22.9. The third-order valence-electron chi connectivity index (χ3n) is 4.37. The maximum absolute atomic E-state index is 12.9. The lowest BCUT2D eigenvalue weighted by Gasteiger charge is -2.11. The standard InChI is InChI=1S/C24H22FN3O4/c1-16-3-10-20(11-4-16)27-23(29)15-32-21-12-5-17(13-22(21)31-2)14-26-28-24(30)18-6-8-19(25)9-7-18/h3-14H,15H2,1-2H3,(H,27,29)(H,28,30)/b26-14+. The first-order valence-electron chi connectivity index (χ1n) is 9.71. The van der Waals surface area contributed by atoms with Crippen LogP contribution in [0.25, 0.3) is 0 Å². The number of carbonyl (C=O) groups excluding carboxylic acids is 2. The molecule has 3 aromatic rings. The molecule has 7 nitrogen and oxygen atoms in total. The molecule has 2 N–H and O–H groups in total. The van der Waals surface area contributed by atoms with Crippen LogP contribution in [0.5, 0.6) is 11.5 Å². The molecular weight excluding hydrogens is 413 g/mol. The molecule has 3 rings (SSSR count). The quantitative estimate of drug-likeness (QED) is 0.415. The van der Waals surface area contributed by atoms with Crippen molar-refractivity contribution in [3.63, 3.8) is 0 Å². The number of aryl methyl sites for hydroxylation is 1. The molecule has 0 aliphatic carbocycles. The summed E-state index contributed by atoms with van der Waals surface area (Å²) >= 11 is 0. The molecule has 0 bridgehead atoms. The SMILES string of the molecule is COc1cc(/C=N/NC(=O)c2ccc(F)cc2)ccc1OCC(=O)Nc1ccc(C)cc1. The number of anilines is 1. The number of rotatable bonds is 8. The molecule has 164 valence electrons. The summed E-state index contributed by atoms with van der Waals surface area (Å²) in [5.74, 6) is -0.397. The largest absolute Gasteiger partial charge is 0.493 e. The van der Waals surface area contributed by atoms with Gasteiger partial charge < -0.3 is 14.8 Å². The predicted molar refractivity (Wildman–Crippen MR) is 120 cm³/mol. The predicted octanol–water partition coefficient (Wildman–Crippen LogP) is 3.92. The molecular formula is C24H22FN3O4. The summed E-state index contributed by atoms with van der Waals surface area (Å²) in [6.07, 6.45) is 1.43. The lowest BCUT2D eigenvalue weighted by molar-refractivity contribution is -0.118. The Hall–Kier alpha value is -4.20. The van der Waals surface area contributed by atoms with E-state index in [0.717, 1.165) is 5.56 Å². The molecule has 0 aliphatic rings. The van der Waals surface area contributed by atoms with Gasteiger partial charge in [0.05, 0.1) is 13.3 Å². The van der Waals surface area contributed by atoms with Gasteiger partial charge in [-0.3, -0.25) is 9.59 Å². The topological polar surface area (TPSA) is 89.0 Å². The van der Waals surface area contributed by atoms with E-state index in [1.807, 2.05) is 31.2 Å². The van der Waals surface area contributed by atoms with Gasteiger partial charge in [0.1, 0.15) is 5.82 Å². The third-order valence-corrected chi connectivity index (χ3v) is 4.37. The van der Waals surface area contributed by atoms with Gasteiger partial charge in [-0.15, -0.1) is 0 Å². The molecule has 0 radical (unpaired) electrons. The molecule has 0 fully saturated rings. The molecule has 8 heteroatoms. The van der Waals surface area contributed by atoms with Crippen molar-refractivity contribution in [2.24, 2.45) is 5.10 Å². The van der Waals surface area contributed by atoms with E-state index >= 15 is 0 Å². The lowest BCUT2D eigenvalue weighted by atomic mass is 10.2. The van der Waals surface area contributed by atoms with Crippen LogP contribution in [0.3, 0.4) is 0 Å². The van der Waals surface area contributed by atoms with E-state index in [4.69, 9.17) is 9.47 Å². The molecule has 0 aliphatic heterocycles. The van der Waals surface area contributed by atoms with E-state index in [1.165, 1.54) is 37.6 Å². The number of carbonyl (C=O) groups is 2. The number of hydrazone groups is 1. The highest BCUT2D eigenvalue weighted by Crippen LogP contribution is 2.27. The van der Waals surface area contributed by atoms with Gasteiger partial charge in [0.15, 0.2) is 18.1 Å². The van der Waals surface area contributed by atoms with Crippen molar-refractivity contribution in [3.05, 3.63) is 89.2 Å². The second-order valence-corrected chi connectivity index (χ2v) is 6.82. The minimum atomic E-state index is -0.465. The lowest BCUT2D eigenvalue weighted by Crippen LogP contribution is -2.20. The molecule has 3 aromatic carbocycles. The average molecular weight is 435 g/mol. The maximum atomic E-state index is 12.9. The van der Waals surface area contributed by atoms with Gasteiger partial charge in [0.2, 0.25) is 0 Å². The maximum Gasteiger partial charge on any atom is 0.271 e. The second kappa shape index (κ2) is 10.7. The van der Waals surface area contributed by atoms with Crippen LogP contribution in [0.2, 0.25) is 0 Å². The van der Waals surface area contributed by atoms with Gasteiger partial charge in [-0.2, -0.15) is 5.10 Å². The number of ether oxygens (including phenoxy) is 2. The first-order valence-corrected chi connectivity index (χ1v) is 9.71. The van der Waals surface area contributed by atoms with Crippen LogP contribution < -0.4 is 20.2 Å². The van der Waals surface area contributed by atoms with Gasteiger partial charge in [0, 0.05) is 11.3 Å². The van der Waals surface area contributed by atoms with Crippen LogP contribution in [0, 0.1) is 12.7 Å². The number of hydrogen-bond acceptors (Lipinski definition) is 5. The van der Waals surface area contributed by atoms with Crippen molar-refractivity contribution in [2.75, 3.05) is 19.0 Å². The Morgan fingerprint density at radius 3 is 2.41 bits per heavy atom. The van der Waals surface area contributed by atoms with Gasteiger partial charge in [-0.25, -0.2) is 9.82 Å². The Balaban J connectivity index is 1.55. The van der Waals surface area contributed by atoms with Gasteiger partial charge in [-0.05, 0) is 67.1 Å². The zero-order valence-electron chi connectivity index (χ0n) is 17.6. The summed E-state index contributed by atoms with van der Waals surface area (Å²) < 4.78 is 23.8. The number of benzene rings is 3. The van der Waals surface area contributed by atoms with Crippen molar-refractivity contribution in [1.29, 1.82) is 0 Å². The Morgan fingerprint density at radius 2 is 1.72 bits per heavy atom. The molecule has 32 heavy (non-hydrogen) atoms. The van der Waals surface area contributed by atoms with E-state index in [2.05, 4.69) is 15.8 Å². The van der Waals surface area contributed by atoms with Crippen molar-refractivity contribution in [1.82, 2.24) is 5.43 Å². The van der Waals surface area contributed by atoms with Crippen LogP contribution >= 0.6 is 0 Å². The summed E-state index contributed by atoms with van der Waals surface area (Å²) in [6, 6.07) is 17.6. The molecule has 0 unspecified atom stereocenters. The highest BCUT2D eigenvalue weighted by molar-refractivity contribution is 5.95. The normalized spacial score (nSPS) is 10.6. The Labute approximate surface area is 184 Å². The fraction of sp³-hybridized carbons (Fsp3) is 0.125. The molecule has 0 aromatic heterocycles. The molecule has 0 saturated carbocycles. The fourth-order valence-electron chi connectivity index (χ4n) is 2.69. The number of methoxy groups -OCH3 is 1. The number of amides is 2. The molecule has 0 atom stereocenters. The smallest absolute Gasteiger partial charge is 0.271 e. The van der Waals surface area contributed by atoms with Crippen molar-refractivity contribution < 1.29 is 23.5 Å². The van der Waals surface area contributed by atoms with E-state index in [-0.39, 0.29) is 18.1 Å². The summed E-state index contributed by atoms with van der Waals surface area (Å²) in [4.78, 5) is 24.1. The molecule has 2 amide bonds. The van der Waals surface area contributed by atoms with Crippen LogP contribution in [0.15, 0.2) is 71.8 Å². The van der Waals surface area contributed by atoms with Crippen LogP contribution in [0.4, 0.5) is 10.1 Å². The number of nitrogens with zero attached hydrogens (tertiary/aromatic N) is 1. The van der Waals surface area contributed by atoms with Crippen LogP contribution in [0.1, 0.15) is 21.5 Å². The third kappa shape index (κ3) is 6.40. The first kappa shape index (κ1) is 22.5. The monoisotopic (exact) mass is 435 g/mol. The minimum Gasteiger partial charge on any atom is -0.493 e. The Bertz CT molecular complexity index is 1110. The fourth-order valence-corrected chi connectivity index (χ4v) is 2.69. The van der Waals surface area contributed by atoms with E-state index < -0.39 is 11.7 Å². The van der Waals surface area contributed by atoms with Gasteiger partial charge >= 0.3 is 0 Å². The summed E-state index contributed by atoms with van der Waals surface area (Å²) in [6.45, 7) is 1.78. The van der Waals surface area contributed by atoms with Crippen molar-refractivity contribution in [2.45, 2.75) is 6.92 Å². The summed E-state index contributed by atoms with van der Waals surface area (Å²) in [7, 11) is 1.48. The highest BCUT2D eigenvalue weighted by atomic mass is 19.1. The zero-order valence-corrected chi connectivity index (χ0v) is 17.6. The molecule has 0 spiro atoms. The highest BCUT2D eigenvalue weighted by Gasteiger charge is 2.09. The summed E-state index contributed by atoms with van der Waals surface area (Å²) in [5.41, 5.74) is 5.08. The van der Waals surface area contributed by atoms with E-state index in [0.29, 0.717) is 22.7 Å². The first-order chi connectivity index (χ1) is 15.4. The molecule has 0 saturated heterocycles. The van der Waals surface area contributed by atoms with Crippen molar-refractivity contribution >= 4 is 23.7 Å². The van der Waals surface area contributed by atoms with E-state index in [9.17, 15) is 14.0 Å². The summed E-state index contributed by atoms with van der Waals surface area (Å²) in [5, 5.41) is 6.65. The van der Waals surface area contributed by atoms with Crippen molar-refractivity contribution in [3.8, 4) is 11.5 Å². The Kier molecular flexibility index (Phi) is 7.53.